The summed E-state index contributed by atoms with van der Waals surface area (Å²) in [5.74, 6) is -1.25. The Labute approximate surface area is 840 Å². The summed E-state index contributed by atoms with van der Waals surface area (Å²) in [5, 5.41) is 17.0. The van der Waals surface area contributed by atoms with Crippen molar-refractivity contribution in [3.63, 3.8) is 0 Å². The van der Waals surface area contributed by atoms with Gasteiger partial charge in [-0.2, -0.15) is 20.1 Å². The van der Waals surface area contributed by atoms with Crippen LogP contribution in [0, 0.1) is 11.3 Å². The van der Waals surface area contributed by atoms with Gasteiger partial charge in [0.25, 0.3) is 0 Å². The lowest BCUT2D eigenvalue weighted by Gasteiger charge is -2.38. The number of allylic oxidation sites excluding steroid dienone is 2. The maximum Gasteiger partial charge on any atom is 0.455 e. The monoisotopic (exact) mass is 2070 g/mol. The number of aliphatic imine (C=N–C) groups is 4. The maximum absolute atomic E-state index is 13.5. The number of hydrogen-bond acceptors (Lipinski definition) is 37. The van der Waals surface area contributed by atoms with Crippen molar-refractivity contribution in [1.29, 1.82) is 5.26 Å². The van der Waals surface area contributed by atoms with Crippen molar-refractivity contribution in [2.75, 3.05) is 86.1 Å². The molecule has 0 bridgehead atoms. The summed E-state index contributed by atoms with van der Waals surface area (Å²) in [6.07, 6.45) is 13.7. The number of anilines is 4. The number of hydrogen-bond donors (Lipinski definition) is 0. The van der Waals surface area contributed by atoms with E-state index in [0.29, 0.717) is 37.5 Å². The molecule has 0 aliphatic carbocycles. The highest BCUT2D eigenvalue weighted by Gasteiger charge is 2.42. The Bertz CT molecular complexity index is 5050. The Kier molecular flexibility index (Phi) is 54.4. The van der Waals surface area contributed by atoms with Crippen LogP contribution in [0.15, 0.2) is 227 Å². The number of para-hydroxylation sites is 4. The molecule has 43 heteroatoms. The van der Waals surface area contributed by atoms with Gasteiger partial charge in [0.2, 0.25) is 17.1 Å². The quantitative estimate of drug-likeness (QED) is 0.00945. The third kappa shape index (κ3) is 38.5. The molecule has 4 aliphatic rings. The van der Waals surface area contributed by atoms with E-state index in [4.69, 9.17) is 106 Å². The van der Waals surface area contributed by atoms with Crippen molar-refractivity contribution in [2.45, 2.75) is 133 Å². The SMILES string of the molecule is CCOC(=O)C(C)SC(=S)C1N=CC=N1.CCOC(=O)C(C)SC(=S)N(C(=O)SCC)N(C)c1ccccc1.CCOC(=O)C(C)SC(=S)N(N(C)c1ccccc1)P(=O)(OCC)OCC.CCOC(=O)C(SC(=S)N1C=CC=CN1c1ccccc1)C(=O)OCC.N#CC(SC(=S)N1C(=O)CCC(=O)N1c1ccccc1)c1ccccc1.S=C(SCc1ccccc1)C1N=CC=N1. The van der Waals surface area contributed by atoms with Crippen LogP contribution in [0.4, 0.5) is 27.5 Å². The van der Waals surface area contributed by atoms with Crippen molar-refractivity contribution >= 4 is 284 Å². The molecule has 6 aromatic rings. The van der Waals surface area contributed by atoms with Crippen LogP contribution in [-0.2, 0) is 76.6 Å². The second kappa shape index (κ2) is 63.2. The van der Waals surface area contributed by atoms with Crippen LogP contribution in [0.25, 0.3) is 0 Å². The van der Waals surface area contributed by atoms with Crippen LogP contribution < -0.4 is 20.0 Å². The molecule has 0 aromatic heterocycles. The Morgan fingerprint density at radius 1 is 0.474 bits per heavy atom. The second-order valence-corrected chi connectivity index (χ2v) is 40.5. The third-order valence-corrected chi connectivity index (χ3v) is 28.7. The molecule has 3 amide bonds. The van der Waals surface area contributed by atoms with E-state index >= 15 is 0 Å². The molecule has 710 valence electrons. The van der Waals surface area contributed by atoms with E-state index in [0.717, 1.165) is 91.4 Å². The highest BCUT2D eigenvalue weighted by molar-refractivity contribution is 8.26. The van der Waals surface area contributed by atoms with E-state index in [2.05, 4.69) is 38.2 Å². The van der Waals surface area contributed by atoms with Gasteiger partial charge in [-0.3, -0.25) is 82.4 Å². The minimum atomic E-state index is -3.76. The van der Waals surface area contributed by atoms with Crippen molar-refractivity contribution < 1.29 is 75.7 Å². The molecule has 6 aromatic carbocycles. The fraction of sp³-hybridized carbons (Fsp3) is 0.344. The molecule has 0 N–H and O–H groups in total. The number of rotatable bonds is 32. The molecule has 0 spiro atoms. The van der Waals surface area contributed by atoms with Crippen molar-refractivity contribution in [3.8, 4) is 6.07 Å². The number of ether oxygens (including phenoxy) is 5. The van der Waals surface area contributed by atoms with Gasteiger partial charge in [0, 0.05) is 69.9 Å². The number of nitriles is 1. The molecule has 1 fully saturated rings. The van der Waals surface area contributed by atoms with Crippen molar-refractivity contribution in [3.05, 3.63) is 218 Å². The van der Waals surface area contributed by atoms with Crippen LogP contribution in [0.2, 0.25) is 0 Å². The minimum Gasteiger partial charge on any atom is -0.465 e. The summed E-state index contributed by atoms with van der Waals surface area (Å²) >= 11 is 40.5. The zero-order valence-electron chi connectivity index (χ0n) is 75.4. The van der Waals surface area contributed by atoms with E-state index < -0.39 is 46.7 Å². The normalized spacial score (nSPS) is 13.7. The Balaban J connectivity index is 0.000000286. The number of carbonyl (C=O) groups excluding carboxylic acids is 8. The minimum absolute atomic E-state index is 0.103. The molecule has 133 heavy (non-hydrogen) atoms. The zero-order chi connectivity index (χ0) is 97.8. The molecule has 0 saturated carbocycles. The number of hydrazine groups is 4. The largest absolute Gasteiger partial charge is 0.465 e. The number of esters is 5. The van der Waals surface area contributed by atoms with E-state index in [1.165, 1.54) is 37.1 Å². The van der Waals surface area contributed by atoms with Gasteiger partial charge in [-0.05, 0) is 147 Å². The van der Waals surface area contributed by atoms with Gasteiger partial charge in [-0.25, -0.2) is 14.6 Å². The lowest BCUT2D eigenvalue weighted by molar-refractivity contribution is -0.153. The van der Waals surface area contributed by atoms with E-state index in [1.54, 1.807) is 165 Å². The molecule has 1 saturated heterocycles. The number of thiocarbonyl (C=S) groups is 6. The number of nitrogens with zero attached hydrogens (tertiary/aromatic N) is 13. The molecule has 10 rings (SSSR count). The third-order valence-electron chi connectivity index (χ3n) is 16.9. The van der Waals surface area contributed by atoms with E-state index in [1.807, 2.05) is 176 Å². The van der Waals surface area contributed by atoms with E-state index in [-0.39, 0.29) is 101 Å². The average Bonchev–Trinajstić information content (AvgIpc) is 1.12. The smallest absolute Gasteiger partial charge is 0.455 e. The Morgan fingerprint density at radius 2 is 0.880 bits per heavy atom. The Morgan fingerprint density at radius 3 is 1.34 bits per heavy atom. The molecule has 29 nitrogen and oxygen atoms in total. The standard InChI is InChI=1S/C19H15N3O2S2.C18H20N2O4S2.C17H27N2O5PS2.C16H22N2O3S3.C11H10N2S2.C9H12N2O2S2/c20-13-16(14-7-3-1-4-8-14)26-19(25)22-18(24)12-11-17(23)21(22)15-9-5-2-6-10-15;1-3-23-16(21)15(17(22)24-4-2)26-18(25)20-13-9-8-12-19(20)14-10-6-5-7-11-14;1-6-22-16(20)14(4)27-17(26)19(25(21,23-7-2)24-8-3)18(5)15-12-10-9-11-13-15;1-5-21-14(19)12(3)24-16(22)18(15(20)23-6-2)17(4)13-10-8-7-9-11-13;14-11(10-12-6-7-13-10)15-8-9-4-2-1-3-5-9;1-3-13-8(12)6(2)15-9(14)7-10-4-5-11-7/h1-10,16H,11-12H2;5-13,15H,3-4H2,1-2H3;9-14H,6-8H2,1-5H3;7-12H,5-6H2,1-4H3;1-7,10H,8H2;4-7H,3H2,1-2H3. The molecule has 4 aliphatic heterocycles. The van der Waals surface area contributed by atoms with Gasteiger partial charge in [-0.15, -0.1) is 11.8 Å². The van der Waals surface area contributed by atoms with Gasteiger partial charge in [0.05, 0.1) is 83.5 Å². The first-order chi connectivity index (χ1) is 63.9. The van der Waals surface area contributed by atoms with Gasteiger partial charge in [0.1, 0.15) is 21.0 Å². The van der Waals surface area contributed by atoms with Gasteiger partial charge < -0.3 is 23.7 Å². The summed E-state index contributed by atoms with van der Waals surface area (Å²) in [6, 6.07) is 58.9. The fourth-order valence-corrected chi connectivity index (χ4v) is 21.4. The lowest BCUT2D eigenvalue weighted by atomic mass is 10.2. The first-order valence-corrected chi connectivity index (χ1v) is 51.8. The molecular formula is C90H106N13O16PS13. The van der Waals surface area contributed by atoms with E-state index in [9.17, 15) is 48.2 Å². The summed E-state index contributed by atoms with van der Waals surface area (Å²) in [6.45, 7) is 20.8. The number of carbonyl (C=O) groups is 8. The molecule has 4 atom stereocenters. The molecule has 0 radical (unpaired) electrons. The van der Waals surface area contributed by atoms with Gasteiger partial charge >= 0.3 is 42.8 Å². The molecule has 4 heterocycles. The summed E-state index contributed by atoms with van der Waals surface area (Å²) < 4.78 is 53.1. The van der Waals surface area contributed by atoms with Crippen molar-refractivity contribution in [2.24, 2.45) is 20.0 Å². The second-order valence-electron chi connectivity index (χ2n) is 26.3. The number of amides is 3. The molecule has 4 unspecified atom stereocenters. The summed E-state index contributed by atoms with van der Waals surface area (Å²) in [5.41, 5.74) is 5.10. The highest BCUT2D eigenvalue weighted by Crippen LogP contribution is 2.55. The zero-order valence-corrected chi connectivity index (χ0v) is 86.9. The summed E-state index contributed by atoms with van der Waals surface area (Å²) in [7, 11) is -0.285. The average molecular weight is 2070 g/mol. The maximum atomic E-state index is 13.5. The lowest BCUT2D eigenvalue weighted by Crippen LogP contribution is -2.55. The molecular weight excluding hydrogens is 1970 g/mol. The Hall–Kier alpha value is -9.13. The predicted molar refractivity (Wildman–Crippen MR) is 570 cm³/mol. The van der Waals surface area contributed by atoms with Crippen LogP contribution >= 0.6 is 163 Å². The van der Waals surface area contributed by atoms with Crippen LogP contribution in [-0.4, -0.2) is 217 Å². The van der Waals surface area contributed by atoms with Crippen molar-refractivity contribution in [1.82, 2.24) is 19.8 Å². The topological polar surface area (TPSA) is 317 Å². The van der Waals surface area contributed by atoms with Gasteiger partial charge in [-0.1, -0.05) is 284 Å². The number of thioether (sulfide) groups is 7. The fourth-order valence-electron chi connectivity index (χ4n) is 10.8. The van der Waals surface area contributed by atoms with Crippen LogP contribution in [0.3, 0.4) is 0 Å². The predicted octanol–water partition coefficient (Wildman–Crippen LogP) is 20.0. The highest BCUT2D eigenvalue weighted by atomic mass is 32.2. The van der Waals surface area contributed by atoms with Crippen LogP contribution in [0.1, 0.15) is 105 Å². The van der Waals surface area contributed by atoms with Gasteiger partial charge in [0.15, 0.2) is 29.6 Å². The summed E-state index contributed by atoms with van der Waals surface area (Å²) in [4.78, 5) is 113. The number of benzene rings is 6. The first-order valence-electron chi connectivity index (χ1n) is 41.5. The first kappa shape index (κ1) is 114. The van der Waals surface area contributed by atoms with Crippen LogP contribution in [0.5, 0.6) is 0 Å².